The normalized spacial score (nSPS) is 11.9. The van der Waals surface area contributed by atoms with Crippen molar-refractivity contribution < 1.29 is 12.8 Å². The van der Waals surface area contributed by atoms with Crippen LogP contribution in [-0.4, -0.2) is 18.4 Å². The Labute approximate surface area is 146 Å². The summed E-state index contributed by atoms with van der Waals surface area (Å²) >= 11 is 0. The van der Waals surface area contributed by atoms with Gasteiger partial charge in [-0.05, 0) is 30.7 Å². The average Bonchev–Trinajstić information content (AvgIpc) is 3.14. The molecule has 3 aromatic rings. The summed E-state index contributed by atoms with van der Waals surface area (Å²) in [6.07, 6.45) is 6.12. The molecule has 0 fully saturated rings. The first-order chi connectivity index (χ1) is 12.0. The Morgan fingerprint density at radius 2 is 1.88 bits per heavy atom. The Kier molecular flexibility index (Phi) is 5.06. The number of sulfonamides is 1. The highest BCUT2D eigenvalue weighted by atomic mass is 32.2. The minimum Gasteiger partial charge on any atom is -0.463 e. The minimum absolute atomic E-state index is 0.0183. The van der Waals surface area contributed by atoms with Crippen molar-refractivity contribution in [3.05, 3.63) is 77.3 Å². The van der Waals surface area contributed by atoms with Crippen LogP contribution in [0.3, 0.4) is 0 Å². The van der Waals surface area contributed by atoms with Gasteiger partial charge in [0.15, 0.2) is 5.76 Å². The topological polar surface area (TPSA) is 85.1 Å². The maximum absolute atomic E-state index is 12.2. The largest absolute Gasteiger partial charge is 0.463 e. The predicted octanol–water partition coefficient (Wildman–Crippen LogP) is 3.14. The number of benzene rings is 1. The fourth-order valence-corrected chi connectivity index (χ4v) is 2.95. The lowest BCUT2D eigenvalue weighted by Gasteiger charge is -2.06. The summed E-state index contributed by atoms with van der Waals surface area (Å²) in [6, 6.07) is 11.1. The third kappa shape index (κ3) is 4.62. The van der Waals surface area contributed by atoms with Crippen LogP contribution < -0.4 is 4.72 Å². The Morgan fingerprint density at radius 3 is 2.60 bits per heavy atom. The third-order valence-corrected chi connectivity index (χ3v) is 4.53. The molecular weight excluding hydrogens is 338 g/mol. The van der Waals surface area contributed by atoms with E-state index in [4.69, 9.17) is 4.42 Å². The van der Waals surface area contributed by atoms with Gasteiger partial charge in [-0.25, -0.2) is 18.1 Å². The first kappa shape index (κ1) is 17.1. The molecule has 0 aliphatic carbocycles. The summed E-state index contributed by atoms with van der Waals surface area (Å²) in [6.45, 7) is 1.99. The van der Waals surface area contributed by atoms with E-state index in [2.05, 4.69) is 14.7 Å². The van der Waals surface area contributed by atoms with E-state index < -0.39 is 10.0 Å². The second-order valence-electron chi connectivity index (χ2n) is 5.41. The molecule has 0 bridgehead atoms. The molecule has 25 heavy (non-hydrogen) atoms. The lowest BCUT2D eigenvalue weighted by atomic mass is 10.2. The van der Waals surface area contributed by atoms with Crippen LogP contribution >= 0.6 is 0 Å². The van der Waals surface area contributed by atoms with E-state index in [1.54, 1.807) is 18.2 Å². The zero-order valence-corrected chi connectivity index (χ0v) is 14.4. The van der Waals surface area contributed by atoms with Crippen molar-refractivity contribution in [3.63, 3.8) is 0 Å². The summed E-state index contributed by atoms with van der Waals surface area (Å²) < 4.78 is 32.2. The van der Waals surface area contributed by atoms with Crippen molar-refractivity contribution >= 4 is 16.1 Å². The van der Waals surface area contributed by atoms with Crippen molar-refractivity contribution in [2.75, 3.05) is 0 Å². The molecule has 0 amide bonds. The zero-order chi connectivity index (χ0) is 17.7. The van der Waals surface area contributed by atoms with Gasteiger partial charge in [0.2, 0.25) is 10.0 Å². The zero-order valence-electron chi connectivity index (χ0n) is 13.6. The van der Waals surface area contributed by atoms with Crippen LogP contribution in [-0.2, 0) is 16.6 Å². The second kappa shape index (κ2) is 7.42. The molecule has 7 heteroatoms. The van der Waals surface area contributed by atoms with Gasteiger partial charge < -0.3 is 4.42 Å². The molecule has 0 unspecified atom stereocenters. The van der Waals surface area contributed by atoms with Crippen LogP contribution in [0.25, 0.3) is 17.5 Å². The summed E-state index contributed by atoms with van der Waals surface area (Å²) in [5.74, 6) is 0.539. The van der Waals surface area contributed by atoms with Crippen LogP contribution in [0.15, 0.2) is 64.9 Å². The van der Waals surface area contributed by atoms with Gasteiger partial charge in [0.25, 0.3) is 0 Å². The summed E-state index contributed by atoms with van der Waals surface area (Å²) in [5.41, 5.74) is 2.93. The predicted molar refractivity (Wildman–Crippen MR) is 95.7 cm³/mol. The molecule has 1 aromatic carbocycles. The van der Waals surface area contributed by atoms with Gasteiger partial charge in [0.05, 0.1) is 18.5 Å². The smallest absolute Gasteiger partial charge is 0.234 e. The van der Waals surface area contributed by atoms with E-state index in [1.807, 2.05) is 31.2 Å². The third-order valence-electron chi connectivity index (χ3n) is 3.49. The van der Waals surface area contributed by atoms with E-state index in [0.717, 1.165) is 16.5 Å². The standard InChI is InChI=1S/C18H17N3O3S/c1-14-4-6-15(7-5-14)8-12-25(22,23)21-13-16-18(20-10-9-19-16)17-3-2-11-24-17/h2-12,21H,13H2,1H3/b12-8+. The number of nitrogens with zero attached hydrogens (tertiary/aromatic N) is 2. The van der Waals surface area contributed by atoms with Crippen molar-refractivity contribution in [2.45, 2.75) is 13.5 Å². The van der Waals surface area contributed by atoms with E-state index >= 15 is 0 Å². The number of aryl methyl sites for hydroxylation is 1. The van der Waals surface area contributed by atoms with Crippen LogP contribution in [0.4, 0.5) is 0 Å². The number of nitrogens with one attached hydrogen (secondary N) is 1. The number of rotatable bonds is 6. The van der Waals surface area contributed by atoms with Gasteiger partial charge in [-0.2, -0.15) is 0 Å². The Balaban J connectivity index is 1.72. The fraction of sp³-hybridized carbons (Fsp3) is 0.111. The quantitative estimate of drug-likeness (QED) is 0.734. The van der Waals surface area contributed by atoms with Crippen LogP contribution in [0.1, 0.15) is 16.8 Å². The van der Waals surface area contributed by atoms with Gasteiger partial charge in [-0.15, -0.1) is 0 Å². The lowest BCUT2D eigenvalue weighted by molar-refractivity contribution is 0.576. The average molecular weight is 355 g/mol. The number of hydrogen-bond acceptors (Lipinski definition) is 5. The molecule has 0 radical (unpaired) electrons. The van der Waals surface area contributed by atoms with E-state index in [1.165, 1.54) is 18.7 Å². The van der Waals surface area contributed by atoms with Crippen LogP contribution in [0.2, 0.25) is 0 Å². The Hall–Kier alpha value is -2.77. The molecule has 0 saturated carbocycles. The van der Waals surface area contributed by atoms with E-state index in [-0.39, 0.29) is 6.54 Å². The summed E-state index contributed by atoms with van der Waals surface area (Å²) in [5, 5.41) is 1.14. The molecule has 0 atom stereocenters. The van der Waals surface area contributed by atoms with Crippen LogP contribution in [0.5, 0.6) is 0 Å². The first-order valence-electron chi connectivity index (χ1n) is 7.62. The SMILES string of the molecule is Cc1ccc(/C=C/S(=O)(=O)NCc2nccnc2-c2ccco2)cc1. The van der Waals surface area contributed by atoms with Gasteiger partial charge in [0, 0.05) is 17.8 Å². The molecule has 128 valence electrons. The number of aromatic nitrogens is 2. The molecule has 0 aliphatic rings. The molecule has 0 saturated heterocycles. The Morgan fingerprint density at radius 1 is 1.12 bits per heavy atom. The van der Waals surface area contributed by atoms with Crippen molar-refractivity contribution in [3.8, 4) is 11.5 Å². The molecule has 2 aromatic heterocycles. The van der Waals surface area contributed by atoms with E-state index in [9.17, 15) is 8.42 Å². The van der Waals surface area contributed by atoms with Gasteiger partial charge in [0.1, 0.15) is 5.69 Å². The molecule has 1 N–H and O–H groups in total. The molecule has 6 nitrogen and oxygen atoms in total. The highest BCUT2D eigenvalue weighted by Gasteiger charge is 2.13. The highest BCUT2D eigenvalue weighted by molar-refractivity contribution is 7.92. The van der Waals surface area contributed by atoms with E-state index in [0.29, 0.717) is 17.1 Å². The fourth-order valence-electron chi connectivity index (χ4n) is 2.18. The first-order valence-corrected chi connectivity index (χ1v) is 9.16. The van der Waals surface area contributed by atoms with Crippen molar-refractivity contribution in [2.24, 2.45) is 0 Å². The molecule has 3 rings (SSSR count). The second-order valence-corrected chi connectivity index (χ2v) is 7.06. The summed E-state index contributed by atoms with van der Waals surface area (Å²) in [4.78, 5) is 8.41. The van der Waals surface area contributed by atoms with Crippen molar-refractivity contribution in [1.82, 2.24) is 14.7 Å². The number of hydrogen-bond donors (Lipinski definition) is 1. The van der Waals surface area contributed by atoms with Crippen molar-refractivity contribution in [1.29, 1.82) is 0 Å². The maximum atomic E-state index is 12.2. The Bertz CT molecular complexity index is 963. The summed E-state index contributed by atoms with van der Waals surface area (Å²) in [7, 11) is -3.60. The minimum atomic E-state index is -3.60. The van der Waals surface area contributed by atoms with Gasteiger partial charge >= 0.3 is 0 Å². The molecule has 2 heterocycles. The monoisotopic (exact) mass is 355 g/mol. The molecule has 0 spiro atoms. The molecular formula is C18H17N3O3S. The van der Waals surface area contributed by atoms with Gasteiger partial charge in [-0.1, -0.05) is 29.8 Å². The van der Waals surface area contributed by atoms with Crippen LogP contribution in [0, 0.1) is 6.92 Å². The van der Waals surface area contributed by atoms with Gasteiger partial charge in [-0.3, -0.25) is 4.98 Å². The maximum Gasteiger partial charge on any atom is 0.234 e. The molecule has 0 aliphatic heterocycles. The number of furan rings is 1. The highest BCUT2D eigenvalue weighted by Crippen LogP contribution is 2.20. The lowest BCUT2D eigenvalue weighted by Crippen LogP contribution is -2.21.